The first-order chi connectivity index (χ1) is 9.10. The van der Waals surface area contributed by atoms with Gasteiger partial charge in [-0.05, 0) is 36.0 Å². The average molecular weight is 315 g/mol. The van der Waals surface area contributed by atoms with Gasteiger partial charge in [0.05, 0.1) is 10.0 Å². The minimum Gasteiger partial charge on any atom is -0.409 e. The summed E-state index contributed by atoms with van der Waals surface area (Å²) in [6.07, 6.45) is 1.53. The predicted octanol–water partition coefficient (Wildman–Crippen LogP) is 3.03. The molecule has 0 atom stereocenters. The van der Waals surface area contributed by atoms with Crippen LogP contribution in [0.4, 0.5) is 0 Å². The molecule has 0 unspecified atom stereocenters. The van der Waals surface area contributed by atoms with E-state index in [2.05, 4.69) is 15.1 Å². The highest BCUT2D eigenvalue weighted by molar-refractivity contribution is 7.99. The van der Waals surface area contributed by atoms with Gasteiger partial charge >= 0.3 is 0 Å². The number of rotatable bonds is 3. The molecular formula is C11H8Cl2N4OS. The number of hydrogen-bond donors (Lipinski definition) is 2. The van der Waals surface area contributed by atoms with E-state index in [4.69, 9.17) is 34.1 Å². The third-order valence-corrected chi connectivity index (χ3v) is 3.71. The summed E-state index contributed by atoms with van der Waals surface area (Å²) >= 11 is 13.1. The Morgan fingerprint density at radius 3 is 2.74 bits per heavy atom. The fourth-order valence-corrected chi connectivity index (χ4v) is 2.37. The Labute approximate surface area is 123 Å². The summed E-state index contributed by atoms with van der Waals surface area (Å²) in [7, 11) is 0. The van der Waals surface area contributed by atoms with Crippen molar-refractivity contribution in [3.05, 3.63) is 46.2 Å². The lowest BCUT2D eigenvalue weighted by Crippen LogP contribution is -2.15. The van der Waals surface area contributed by atoms with Gasteiger partial charge in [0.25, 0.3) is 0 Å². The zero-order chi connectivity index (χ0) is 13.8. The molecular weight excluding hydrogens is 307 g/mol. The highest BCUT2D eigenvalue weighted by Crippen LogP contribution is 2.30. The lowest BCUT2D eigenvalue weighted by molar-refractivity contribution is 0.318. The fourth-order valence-electron chi connectivity index (χ4n) is 1.23. The van der Waals surface area contributed by atoms with Crippen molar-refractivity contribution >= 4 is 40.8 Å². The topological polar surface area (TPSA) is 84.4 Å². The Bertz CT molecular complexity index is 636. The second kappa shape index (κ2) is 6.10. The molecule has 3 N–H and O–H groups in total. The molecule has 0 saturated carbocycles. The molecule has 0 aliphatic carbocycles. The van der Waals surface area contributed by atoms with Gasteiger partial charge in [0.1, 0.15) is 5.69 Å². The van der Waals surface area contributed by atoms with Crippen molar-refractivity contribution in [2.45, 2.75) is 10.1 Å². The van der Waals surface area contributed by atoms with E-state index in [0.717, 1.165) is 4.90 Å². The van der Waals surface area contributed by atoms with Crippen LogP contribution in [0.5, 0.6) is 0 Å². The molecule has 0 spiro atoms. The highest BCUT2D eigenvalue weighted by atomic mass is 35.5. The maximum atomic E-state index is 8.60. The van der Waals surface area contributed by atoms with Crippen LogP contribution in [0.2, 0.25) is 10.0 Å². The standard InChI is InChI=1S/C11H8Cl2N4OS/c12-7-2-1-6(5-8(7)13)19-11-15-4-3-9(16-11)10(14)17-18/h1-5,18H,(H2,14,17). The second-order valence-electron chi connectivity index (χ2n) is 3.39. The molecule has 19 heavy (non-hydrogen) atoms. The van der Waals surface area contributed by atoms with E-state index >= 15 is 0 Å². The molecule has 0 fully saturated rings. The summed E-state index contributed by atoms with van der Waals surface area (Å²) in [5.41, 5.74) is 5.81. The monoisotopic (exact) mass is 314 g/mol. The first-order valence-corrected chi connectivity index (χ1v) is 6.61. The molecule has 0 radical (unpaired) electrons. The van der Waals surface area contributed by atoms with E-state index in [0.29, 0.717) is 20.9 Å². The molecule has 2 aromatic rings. The van der Waals surface area contributed by atoms with Crippen molar-refractivity contribution in [2.24, 2.45) is 10.9 Å². The number of nitrogens with two attached hydrogens (primary N) is 1. The number of amidine groups is 1. The molecule has 1 aromatic heterocycles. The van der Waals surface area contributed by atoms with Gasteiger partial charge in [0.2, 0.25) is 0 Å². The van der Waals surface area contributed by atoms with Crippen LogP contribution in [0.25, 0.3) is 0 Å². The van der Waals surface area contributed by atoms with E-state index in [1.54, 1.807) is 24.3 Å². The van der Waals surface area contributed by atoms with E-state index in [1.807, 2.05) is 0 Å². The van der Waals surface area contributed by atoms with Gasteiger partial charge in [-0.2, -0.15) is 0 Å². The molecule has 0 aliphatic rings. The smallest absolute Gasteiger partial charge is 0.193 e. The Kier molecular flexibility index (Phi) is 4.47. The first kappa shape index (κ1) is 13.9. The zero-order valence-electron chi connectivity index (χ0n) is 9.42. The molecule has 8 heteroatoms. The molecule has 0 bridgehead atoms. The summed E-state index contributed by atoms with van der Waals surface area (Å²) in [5.74, 6) is -0.0709. The molecule has 0 saturated heterocycles. The van der Waals surface area contributed by atoms with Crippen molar-refractivity contribution < 1.29 is 5.21 Å². The quantitative estimate of drug-likeness (QED) is 0.299. The van der Waals surface area contributed by atoms with E-state index in [-0.39, 0.29) is 5.84 Å². The van der Waals surface area contributed by atoms with Crippen molar-refractivity contribution in [3.8, 4) is 0 Å². The van der Waals surface area contributed by atoms with Crippen LogP contribution in [0.1, 0.15) is 5.69 Å². The lowest BCUT2D eigenvalue weighted by atomic mass is 10.4. The van der Waals surface area contributed by atoms with Gasteiger partial charge < -0.3 is 10.9 Å². The van der Waals surface area contributed by atoms with Crippen LogP contribution in [-0.2, 0) is 0 Å². The van der Waals surface area contributed by atoms with E-state index in [9.17, 15) is 0 Å². The summed E-state index contributed by atoms with van der Waals surface area (Å²) in [5, 5.41) is 12.9. The van der Waals surface area contributed by atoms with Crippen molar-refractivity contribution in [1.29, 1.82) is 0 Å². The van der Waals surface area contributed by atoms with Crippen LogP contribution in [0, 0.1) is 0 Å². The van der Waals surface area contributed by atoms with Gasteiger partial charge in [0.15, 0.2) is 11.0 Å². The summed E-state index contributed by atoms with van der Waals surface area (Å²) in [4.78, 5) is 9.08. The van der Waals surface area contributed by atoms with E-state index < -0.39 is 0 Å². The number of nitrogens with zero attached hydrogens (tertiary/aromatic N) is 3. The third kappa shape index (κ3) is 3.50. The minimum atomic E-state index is -0.0709. The summed E-state index contributed by atoms with van der Waals surface area (Å²) < 4.78 is 0. The number of oxime groups is 1. The SMILES string of the molecule is N/C(=N/O)c1ccnc(Sc2ccc(Cl)c(Cl)c2)n1. The van der Waals surface area contributed by atoms with E-state index in [1.165, 1.54) is 18.0 Å². The normalized spacial score (nSPS) is 11.6. The van der Waals surface area contributed by atoms with Crippen molar-refractivity contribution in [2.75, 3.05) is 0 Å². The Morgan fingerprint density at radius 1 is 1.26 bits per heavy atom. The van der Waals surface area contributed by atoms with Crippen LogP contribution in [0.15, 0.2) is 45.7 Å². The van der Waals surface area contributed by atoms with Gasteiger partial charge in [-0.3, -0.25) is 0 Å². The minimum absolute atomic E-state index is 0.0709. The Hall–Kier alpha value is -1.50. The number of halogens is 2. The molecule has 0 amide bonds. The Balaban J connectivity index is 2.26. The average Bonchev–Trinajstić information content (AvgIpc) is 2.42. The van der Waals surface area contributed by atoms with Gasteiger partial charge in [-0.25, -0.2) is 9.97 Å². The van der Waals surface area contributed by atoms with Crippen LogP contribution < -0.4 is 5.73 Å². The molecule has 2 rings (SSSR count). The third-order valence-electron chi connectivity index (χ3n) is 2.10. The highest BCUT2D eigenvalue weighted by Gasteiger charge is 2.07. The van der Waals surface area contributed by atoms with Crippen molar-refractivity contribution in [3.63, 3.8) is 0 Å². The van der Waals surface area contributed by atoms with Crippen LogP contribution in [-0.4, -0.2) is 21.0 Å². The maximum absolute atomic E-state index is 8.60. The van der Waals surface area contributed by atoms with Crippen LogP contribution >= 0.6 is 35.0 Å². The first-order valence-electron chi connectivity index (χ1n) is 5.04. The van der Waals surface area contributed by atoms with Gasteiger partial charge in [-0.1, -0.05) is 28.4 Å². The van der Waals surface area contributed by atoms with Crippen molar-refractivity contribution in [1.82, 2.24) is 9.97 Å². The molecule has 1 aromatic carbocycles. The largest absolute Gasteiger partial charge is 0.409 e. The van der Waals surface area contributed by atoms with Gasteiger partial charge in [-0.15, -0.1) is 0 Å². The number of aromatic nitrogens is 2. The van der Waals surface area contributed by atoms with Crippen LogP contribution in [0.3, 0.4) is 0 Å². The summed E-state index contributed by atoms with van der Waals surface area (Å²) in [6, 6.07) is 6.76. The lowest BCUT2D eigenvalue weighted by Gasteiger charge is -2.03. The van der Waals surface area contributed by atoms with Gasteiger partial charge in [0, 0.05) is 11.1 Å². The number of benzene rings is 1. The fraction of sp³-hybridized carbons (Fsp3) is 0. The number of hydrogen-bond acceptors (Lipinski definition) is 5. The maximum Gasteiger partial charge on any atom is 0.193 e. The zero-order valence-corrected chi connectivity index (χ0v) is 11.7. The molecule has 1 heterocycles. The molecule has 5 nitrogen and oxygen atoms in total. The Morgan fingerprint density at radius 2 is 2.05 bits per heavy atom. The molecule has 0 aliphatic heterocycles. The molecule has 98 valence electrons. The summed E-state index contributed by atoms with van der Waals surface area (Å²) in [6.45, 7) is 0. The second-order valence-corrected chi connectivity index (χ2v) is 5.24. The predicted molar refractivity (Wildman–Crippen MR) is 75.1 cm³/mol.